The summed E-state index contributed by atoms with van der Waals surface area (Å²) in [7, 11) is 0. The van der Waals surface area contributed by atoms with Crippen molar-refractivity contribution in [2.45, 2.75) is 57.8 Å². The summed E-state index contributed by atoms with van der Waals surface area (Å²) in [6.07, 6.45) is 17.7. The highest BCUT2D eigenvalue weighted by atomic mass is 14.2. The smallest absolute Gasteiger partial charge is 0.00245 e. The molecular weight excluding hydrogens is 156 g/mol. The number of allylic oxidation sites excluding steroid dienone is 2. The highest BCUT2D eigenvalue weighted by molar-refractivity contribution is 5.13. The van der Waals surface area contributed by atoms with E-state index in [1.54, 1.807) is 5.92 Å². The molecule has 0 spiro atoms. The Balaban J connectivity index is 1.75. The molecule has 0 nitrogen and oxygen atoms in total. The first-order chi connectivity index (χ1) is 6.45. The van der Waals surface area contributed by atoms with Crippen LogP contribution in [0.2, 0.25) is 0 Å². The zero-order chi connectivity index (χ0) is 8.93. The van der Waals surface area contributed by atoms with Gasteiger partial charge in [0, 0.05) is 0 Å². The van der Waals surface area contributed by atoms with Crippen LogP contribution in [-0.2, 0) is 0 Å². The van der Waals surface area contributed by atoms with Crippen LogP contribution in [0.4, 0.5) is 0 Å². The Morgan fingerprint density at radius 1 is 1.08 bits per heavy atom. The number of hydrogen-bond acceptors (Lipinski definition) is 0. The first-order valence-electron chi connectivity index (χ1n) is 5.96. The maximum Gasteiger partial charge on any atom is -0.00245 e. The summed E-state index contributed by atoms with van der Waals surface area (Å²) in [5, 5.41) is 0. The molecule has 0 aromatic heterocycles. The molecule has 1 radical (unpaired) electrons. The van der Waals surface area contributed by atoms with Gasteiger partial charge in [-0.1, -0.05) is 44.3 Å². The molecule has 0 saturated heterocycles. The molecule has 0 bridgehead atoms. The average Bonchev–Trinajstić information content (AvgIpc) is 2.21. The van der Waals surface area contributed by atoms with Crippen molar-refractivity contribution in [2.75, 3.05) is 0 Å². The van der Waals surface area contributed by atoms with Gasteiger partial charge >= 0.3 is 0 Å². The lowest BCUT2D eigenvalue weighted by Gasteiger charge is -2.25. The normalized spacial score (nSPS) is 26.5. The molecule has 13 heavy (non-hydrogen) atoms. The fourth-order valence-corrected chi connectivity index (χ4v) is 2.71. The fourth-order valence-electron chi connectivity index (χ4n) is 2.71. The Morgan fingerprint density at radius 3 is 2.62 bits per heavy atom. The Morgan fingerprint density at radius 2 is 1.92 bits per heavy atom. The fraction of sp³-hybridized carbons (Fsp3) is 0.769. The van der Waals surface area contributed by atoms with Gasteiger partial charge in [0.1, 0.15) is 0 Å². The van der Waals surface area contributed by atoms with Gasteiger partial charge in [0.2, 0.25) is 0 Å². The molecule has 2 aliphatic rings. The van der Waals surface area contributed by atoms with Gasteiger partial charge in [-0.3, -0.25) is 0 Å². The summed E-state index contributed by atoms with van der Waals surface area (Å²) in [6.45, 7) is 0. The van der Waals surface area contributed by atoms with Gasteiger partial charge in [0.05, 0.1) is 0 Å². The molecule has 0 aromatic carbocycles. The largest absolute Gasteiger partial charge is 0.0879 e. The van der Waals surface area contributed by atoms with E-state index in [2.05, 4.69) is 12.2 Å². The summed E-state index contributed by atoms with van der Waals surface area (Å²) in [4.78, 5) is 0. The van der Waals surface area contributed by atoms with Crippen LogP contribution < -0.4 is 0 Å². The van der Waals surface area contributed by atoms with Gasteiger partial charge in [-0.15, -0.1) is 0 Å². The van der Waals surface area contributed by atoms with Crippen molar-refractivity contribution in [2.24, 2.45) is 5.92 Å². The van der Waals surface area contributed by atoms with E-state index in [-0.39, 0.29) is 0 Å². The van der Waals surface area contributed by atoms with Gasteiger partial charge in [0.25, 0.3) is 0 Å². The van der Waals surface area contributed by atoms with Crippen LogP contribution in [0.25, 0.3) is 0 Å². The third-order valence-corrected chi connectivity index (χ3v) is 3.50. The van der Waals surface area contributed by atoms with Gasteiger partial charge in [-0.2, -0.15) is 0 Å². The van der Waals surface area contributed by atoms with Gasteiger partial charge in [-0.05, 0) is 37.5 Å². The average molecular weight is 177 g/mol. The summed E-state index contributed by atoms with van der Waals surface area (Å²) in [5.74, 6) is 2.77. The minimum absolute atomic E-state index is 1.03. The van der Waals surface area contributed by atoms with E-state index in [1.807, 2.05) is 0 Å². The summed E-state index contributed by atoms with van der Waals surface area (Å²) >= 11 is 0. The molecule has 2 aliphatic carbocycles. The van der Waals surface area contributed by atoms with Crippen molar-refractivity contribution >= 4 is 0 Å². The molecule has 0 amide bonds. The molecule has 0 N–H and O–H groups in total. The second kappa shape index (κ2) is 4.83. The quantitative estimate of drug-likeness (QED) is 0.591. The number of hydrogen-bond donors (Lipinski definition) is 0. The highest BCUT2D eigenvalue weighted by Crippen LogP contribution is 2.33. The van der Waals surface area contributed by atoms with E-state index in [9.17, 15) is 0 Å². The lowest BCUT2D eigenvalue weighted by molar-refractivity contribution is 0.343. The van der Waals surface area contributed by atoms with Crippen LogP contribution in [0, 0.1) is 11.8 Å². The molecular formula is C13H21. The second-order valence-corrected chi connectivity index (χ2v) is 4.66. The third kappa shape index (κ3) is 2.86. The van der Waals surface area contributed by atoms with Crippen LogP contribution in [-0.4, -0.2) is 0 Å². The highest BCUT2D eigenvalue weighted by Gasteiger charge is 2.18. The molecule has 73 valence electrons. The summed E-state index contributed by atoms with van der Waals surface area (Å²) < 4.78 is 0. The lowest BCUT2D eigenvalue weighted by atomic mass is 9.80. The van der Waals surface area contributed by atoms with Crippen molar-refractivity contribution in [1.29, 1.82) is 0 Å². The Kier molecular flexibility index (Phi) is 3.46. The molecule has 1 saturated carbocycles. The van der Waals surface area contributed by atoms with Crippen LogP contribution in [0.1, 0.15) is 57.8 Å². The Hall–Kier alpha value is -0.260. The molecule has 0 unspecified atom stereocenters. The summed E-state index contributed by atoms with van der Waals surface area (Å²) in [5.41, 5.74) is 0. The van der Waals surface area contributed by atoms with E-state index in [0.717, 1.165) is 5.92 Å². The minimum atomic E-state index is 1.03. The monoisotopic (exact) mass is 177 g/mol. The zero-order valence-electron chi connectivity index (χ0n) is 8.60. The van der Waals surface area contributed by atoms with E-state index < -0.39 is 0 Å². The topological polar surface area (TPSA) is 0 Å². The first-order valence-corrected chi connectivity index (χ1v) is 5.96. The van der Waals surface area contributed by atoms with Gasteiger partial charge in [-0.25, -0.2) is 0 Å². The molecule has 0 heteroatoms. The lowest BCUT2D eigenvalue weighted by Crippen LogP contribution is -2.11. The maximum absolute atomic E-state index is 2.40. The molecule has 1 fully saturated rings. The van der Waals surface area contributed by atoms with E-state index in [0.29, 0.717) is 0 Å². The van der Waals surface area contributed by atoms with Gasteiger partial charge in [0.15, 0.2) is 0 Å². The standard InChI is InChI=1S/C13H21/c1-3-7-12(8-4-1)11-13-9-5-2-6-10-13/h3,7,13H,1-2,4-6,8-11H2. The van der Waals surface area contributed by atoms with Crippen molar-refractivity contribution in [1.82, 2.24) is 0 Å². The second-order valence-electron chi connectivity index (χ2n) is 4.66. The Bertz CT molecular complexity index is 163. The van der Waals surface area contributed by atoms with Crippen LogP contribution in [0.5, 0.6) is 0 Å². The van der Waals surface area contributed by atoms with E-state index in [4.69, 9.17) is 0 Å². The summed E-state index contributed by atoms with van der Waals surface area (Å²) in [6, 6.07) is 0. The SMILES string of the molecule is C1=C[C](CC2CCCCC2)CCC1. The van der Waals surface area contributed by atoms with Crippen LogP contribution >= 0.6 is 0 Å². The van der Waals surface area contributed by atoms with E-state index in [1.165, 1.54) is 57.8 Å². The third-order valence-electron chi connectivity index (χ3n) is 3.50. The van der Waals surface area contributed by atoms with Crippen molar-refractivity contribution in [3.63, 3.8) is 0 Å². The van der Waals surface area contributed by atoms with Crippen molar-refractivity contribution in [3.05, 3.63) is 18.1 Å². The first kappa shape index (κ1) is 9.30. The minimum Gasteiger partial charge on any atom is -0.0879 e. The molecule has 0 atom stereocenters. The van der Waals surface area contributed by atoms with Crippen molar-refractivity contribution < 1.29 is 0 Å². The van der Waals surface area contributed by atoms with Crippen LogP contribution in [0.15, 0.2) is 12.2 Å². The van der Waals surface area contributed by atoms with E-state index >= 15 is 0 Å². The molecule has 2 rings (SSSR count). The molecule has 0 aromatic rings. The van der Waals surface area contributed by atoms with Crippen molar-refractivity contribution in [3.8, 4) is 0 Å². The zero-order valence-corrected chi connectivity index (χ0v) is 8.60. The van der Waals surface area contributed by atoms with Gasteiger partial charge < -0.3 is 0 Å². The Labute approximate surface area is 82.4 Å². The molecule has 0 heterocycles. The maximum atomic E-state index is 2.40. The van der Waals surface area contributed by atoms with Crippen LogP contribution in [0.3, 0.4) is 0 Å². The number of rotatable bonds is 2. The predicted molar refractivity (Wildman–Crippen MR) is 57.4 cm³/mol. The predicted octanol–water partition coefficient (Wildman–Crippen LogP) is 4.27. The molecule has 0 aliphatic heterocycles.